The van der Waals surface area contributed by atoms with E-state index < -0.39 is 11.4 Å². The fourth-order valence-electron chi connectivity index (χ4n) is 2.49. The van der Waals surface area contributed by atoms with Crippen molar-refractivity contribution in [2.24, 2.45) is 5.41 Å². The molecule has 4 nitrogen and oxygen atoms in total. The Kier molecular flexibility index (Phi) is 4.74. The maximum Gasteiger partial charge on any atom is 0.310 e. The lowest BCUT2D eigenvalue weighted by atomic mass is 9.85. The molecule has 0 radical (unpaired) electrons. The van der Waals surface area contributed by atoms with Gasteiger partial charge in [0.15, 0.2) is 0 Å². The maximum atomic E-state index is 11.4. The molecule has 0 heterocycles. The SMILES string of the molecule is COCC(C)N(C)CC1(C(=O)O)CCCC1. The number of rotatable bonds is 6. The normalized spacial score (nSPS) is 21.2. The minimum atomic E-state index is -0.638. The van der Waals surface area contributed by atoms with Crippen molar-refractivity contribution >= 4 is 5.97 Å². The summed E-state index contributed by atoms with van der Waals surface area (Å²) in [5.41, 5.74) is -0.517. The largest absolute Gasteiger partial charge is 0.481 e. The van der Waals surface area contributed by atoms with Gasteiger partial charge >= 0.3 is 5.97 Å². The third-order valence-electron chi connectivity index (χ3n) is 3.73. The summed E-state index contributed by atoms with van der Waals surface area (Å²) >= 11 is 0. The quantitative estimate of drug-likeness (QED) is 0.751. The molecule has 0 aromatic heterocycles. The van der Waals surface area contributed by atoms with Crippen molar-refractivity contribution in [3.8, 4) is 0 Å². The smallest absolute Gasteiger partial charge is 0.310 e. The van der Waals surface area contributed by atoms with Gasteiger partial charge in [-0.25, -0.2) is 0 Å². The van der Waals surface area contributed by atoms with E-state index >= 15 is 0 Å². The minimum Gasteiger partial charge on any atom is -0.481 e. The molecule has 0 aliphatic heterocycles. The highest BCUT2D eigenvalue weighted by molar-refractivity contribution is 5.75. The highest BCUT2D eigenvalue weighted by Gasteiger charge is 2.42. The summed E-state index contributed by atoms with van der Waals surface area (Å²) in [6.07, 6.45) is 3.70. The Bertz CT molecular complexity index is 236. The molecule has 1 saturated carbocycles. The molecule has 0 amide bonds. The summed E-state index contributed by atoms with van der Waals surface area (Å²) in [5, 5.41) is 9.37. The van der Waals surface area contributed by atoms with Crippen molar-refractivity contribution in [1.82, 2.24) is 4.90 Å². The van der Waals surface area contributed by atoms with Crippen LogP contribution in [0.2, 0.25) is 0 Å². The third-order valence-corrected chi connectivity index (χ3v) is 3.73. The highest BCUT2D eigenvalue weighted by Crippen LogP contribution is 2.39. The van der Waals surface area contributed by atoms with E-state index in [1.807, 2.05) is 7.05 Å². The number of methoxy groups -OCH3 is 1. The molecule has 1 aliphatic rings. The number of likely N-dealkylation sites (N-methyl/N-ethyl adjacent to an activating group) is 1. The van der Waals surface area contributed by atoms with Crippen LogP contribution in [0.4, 0.5) is 0 Å². The molecule has 1 unspecified atom stereocenters. The standard InChI is InChI=1S/C12H23NO3/c1-10(8-16-3)13(2)9-12(11(14)15)6-4-5-7-12/h10H,4-9H2,1-3H3,(H,14,15). The second-order valence-electron chi connectivity index (χ2n) is 5.01. The van der Waals surface area contributed by atoms with Crippen LogP contribution in [0.15, 0.2) is 0 Å². The van der Waals surface area contributed by atoms with Crippen LogP contribution in [0.5, 0.6) is 0 Å². The summed E-state index contributed by atoms with van der Waals surface area (Å²) in [4.78, 5) is 13.5. The van der Waals surface area contributed by atoms with E-state index in [0.717, 1.165) is 25.7 Å². The summed E-state index contributed by atoms with van der Waals surface area (Å²) in [6, 6.07) is 0.266. The molecule has 1 aliphatic carbocycles. The molecular weight excluding hydrogens is 206 g/mol. The van der Waals surface area contributed by atoms with Gasteiger partial charge < -0.3 is 14.7 Å². The molecule has 1 N–H and O–H groups in total. The number of carboxylic acid groups (broad SMARTS) is 1. The zero-order chi connectivity index (χ0) is 12.2. The molecule has 0 bridgehead atoms. The van der Waals surface area contributed by atoms with E-state index in [9.17, 15) is 9.90 Å². The lowest BCUT2D eigenvalue weighted by Crippen LogP contribution is -2.44. The highest BCUT2D eigenvalue weighted by atomic mass is 16.5. The van der Waals surface area contributed by atoms with Crippen molar-refractivity contribution in [1.29, 1.82) is 0 Å². The van der Waals surface area contributed by atoms with E-state index in [2.05, 4.69) is 11.8 Å². The van der Waals surface area contributed by atoms with Crippen molar-refractivity contribution < 1.29 is 14.6 Å². The van der Waals surface area contributed by atoms with E-state index in [4.69, 9.17) is 4.74 Å². The maximum absolute atomic E-state index is 11.4. The molecule has 0 aromatic carbocycles. The van der Waals surface area contributed by atoms with Gasteiger partial charge in [0.05, 0.1) is 12.0 Å². The van der Waals surface area contributed by atoms with Crippen molar-refractivity contribution in [2.75, 3.05) is 27.3 Å². The third kappa shape index (κ3) is 2.95. The minimum absolute atomic E-state index is 0.266. The lowest BCUT2D eigenvalue weighted by Gasteiger charge is -2.33. The first-order chi connectivity index (χ1) is 7.52. The molecule has 1 atom stereocenters. The zero-order valence-electron chi connectivity index (χ0n) is 10.5. The number of carbonyl (C=O) groups is 1. The molecule has 4 heteroatoms. The Morgan fingerprint density at radius 2 is 2.06 bits per heavy atom. The number of carboxylic acids is 1. The van der Waals surface area contributed by atoms with Gasteiger partial charge in [0.2, 0.25) is 0 Å². The second kappa shape index (κ2) is 5.64. The van der Waals surface area contributed by atoms with E-state index in [1.165, 1.54) is 0 Å². The first-order valence-electron chi connectivity index (χ1n) is 5.94. The summed E-state index contributed by atoms with van der Waals surface area (Å²) < 4.78 is 5.09. The van der Waals surface area contributed by atoms with E-state index in [-0.39, 0.29) is 6.04 Å². The number of aliphatic carboxylic acids is 1. The number of nitrogens with zero attached hydrogens (tertiary/aromatic N) is 1. The van der Waals surface area contributed by atoms with Crippen LogP contribution in [-0.4, -0.2) is 49.3 Å². The monoisotopic (exact) mass is 229 g/mol. The molecule has 16 heavy (non-hydrogen) atoms. The molecule has 1 fully saturated rings. The topological polar surface area (TPSA) is 49.8 Å². The van der Waals surface area contributed by atoms with Crippen LogP contribution < -0.4 is 0 Å². The Labute approximate surface area is 97.6 Å². The van der Waals surface area contributed by atoms with Crippen molar-refractivity contribution in [2.45, 2.75) is 38.6 Å². The zero-order valence-corrected chi connectivity index (χ0v) is 10.5. The van der Waals surface area contributed by atoms with Gasteiger partial charge in [-0.05, 0) is 26.8 Å². The van der Waals surface area contributed by atoms with Gasteiger partial charge in [-0.1, -0.05) is 12.8 Å². The number of hydrogen-bond donors (Lipinski definition) is 1. The van der Waals surface area contributed by atoms with E-state index in [0.29, 0.717) is 13.2 Å². The molecule has 1 rings (SSSR count). The van der Waals surface area contributed by atoms with Crippen LogP contribution in [-0.2, 0) is 9.53 Å². The van der Waals surface area contributed by atoms with Crippen molar-refractivity contribution in [3.05, 3.63) is 0 Å². The molecular formula is C12H23NO3. The number of ether oxygens (including phenoxy) is 1. The summed E-state index contributed by atoms with van der Waals surface area (Å²) in [5.74, 6) is -0.638. The summed E-state index contributed by atoms with van der Waals surface area (Å²) in [6.45, 7) is 3.34. The Hall–Kier alpha value is -0.610. The average Bonchev–Trinajstić information content (AvgIpc) is 2.68. The van der Waals surface area contributed by atoms with Crippen LogP contribution in [0.25, 0.3) is 0 Å². The Morgan fingerprint density at radius 1 is 1.50 bits per heavy atom. The predicted octanol–water partition coefficient (Wildman–Crippen LogP) is 1.60. The second-order valence-corrected chi connectivity index (χ2v) is 5.01. The molecule has 0 aromatic rings. The van der Waals surface area contributed by atoms with Gasteiger partial charge in [0.1, 0.15) is 0 Å². The predicted molar refractivity (Wildman–Crippen MR) is 62.5 cm³/mol. The van der Waals surface area contributed by atoms with Crippen molar-refractivity contribution in [3.63, 3.8) is 0 Å². The van der Waals surface area contributed by atoms with Gasteiger partial charge in [-0.15, -0.1) is 0 Å². The first kappa shape index (κ1) is 13.5. The summed E-state index contributed by atoms with van der Waals surface area (Å²) in [7, 11) is 3.65. The van der Waals surface area contributed by atoms with Crippen LogP contribution >= 0.6 is 0 Å². The van der Waals surface area contributed by atoms with E-state index in [1.54, 1.807) is 7.11 Å². The lowest BCUT2D eigenvalue weighted by molar-refractivity contribution is -0.150. The van der Waals surface area contributed by atoms with Crippen LogP contribution in [0.1, 0.15) is 32.6 Å². The van der Waals surface area contributed by atoms with Gasteiger partial charge in [-0.2, -0.15) is 0 Å². The Morgan fingerprint density at radius 3 is 2.50 bits per heavy atom. The Balaban J connectivity index is 2.58. The fraction of sp³-hybridized carbons (Fsp3) is 0.917. The average molecular weight is 229 g/mol. The van der Waals surface area contributed by atoms with Gasteiger partial charge in [0.25, 0.3) is 0 Å². The van der Waals surface area contributed by atoms with Crippen LogP contribution in [0, 0.1) is 5.41 Å². The molecule has 94 valence electrons. The van der Waals surface area contributed by atoms with Gasteiger partial charge in [-0.3, -0.25) is 4.79 Å². The number of hydrogen-bond acceptors (Lipinski definition) is 3. The molecule has 0 saturated heterocycles. The fourth-order valence-corrected chi connectivity index (χ4v) is 2.49. The first-order valence-corrected chi connectivity index (χ1v) is 5.94. The molecule has 0 spiro atoms. The van der Waals surface area contributed by atoms with Crippen LogP contribution in [0.3, 0.4) is 0 Å². The van der Waals surface area contributed by atoms with Gasteiger partial charge in [0, 0.05) is 19.7 Å².